The minimum Gasteiger partial charge on any atom is -0.461 e. The summed E-state index contributed by atoms with van der Waals surface area (Å²) in [4.78, 5) is 11.5. The average Bonchev–Trinajstić information content (AvgIpc) is 2.84. The molecule has 0 spiro atoms. The van der Waals surface area contributed by atoms with Gasteiger partial charge in [-0.05, 0) is 24.3 Å². The lowest BCUT2D eigenvalue weighted by molar-refractivity contribution is 0.102. The van der Waals surface area contributed by atoms with Crippen molar-refractivity contribution < 1.29 is 9.21 Å². The quantitative estimate of drug-likeness (QED) is 0.626. The first-order chi connectivity index (χ1) is 7.86. The molecule has 2 aromatic rings. The molecule has 0 bridgehead atoms. The van der Waals surface area contributed by atoms with Gasteiger partial charge in [0.15, 0.2) is 5.76 Å². The van der Waals surface area contributed by atoms with Crippen LogP contribution in [0.1, 0.15) is 10.6 Å². The molecule has 0 atom stereocenters. The SMILES string of the molecule is O=C(/C=C\Nc1ccccc1)c1ccco1. The van der Waals surface area contributed by atoms with Crippen LogP contribution in [0.5, 0.6) is 0 Å². The van der Waals surface area contributed by atoms with E-state index in [1.165, 1.54) is 12.3 Å². The van der Waals surface area contributed by atoms with E-state index in [1.54, 1.807) is 18.3 Å². The van der Waals surface area contributed by atoms with Gasteiger partial charge in [0, 0.05) is 18.0 Å². The Hall–Kier alpha value is -2.29. The summed E-state index contributed by atoms with van der Waals surface area (Å²) in [7, 11) is 0. The third-order valence-electron chi connectivity index (χ3n) is 2.02. The number of rotatable bonds is 4. The second-order valence-electron chi connectivity index (χ2n) is 3.19. The first kappa shape index (κ1) is 10.2. The zero-order chi connectivity index (χ0) is 11.2. The molecule has 0 saturated heterocycles. The maximum atomic E-state index is 11.5. The van der Waals surface area contributed by atoms with Crippen molar-refractivity contribution in [1.29, 1.82) is 0 Å². The lowest BCUT2D eigenvalue weighted by atomic mass is 10.3. The molecule has 0 fully saturated rings. The molecule has 2 rings (SSSR count). The first-order valence-electron chi connectivity index (χ1n) is 4.92. The molecule has 0 unspecified atom stereocenters. The number of hydrogen-bond donors (Lipinski definition) is 1. The molecular formula is C13H11NO2. The number of carbonyl (C=O) groups excluding carboxylic acids is 1. The summed E-state index contributed by atoms with van der Waals surface area (Å²) in [5.41, 5.74) is 0.936. The number of hydrogen-bond acceptors (Lipinski definition) is 3. The molecule has 1 heterocycles. The summed E-state index contributed by atoms with van der Waals surface area (Å²) in [6.45, 7) is 0. The van der Waals surface area contributed by atoms with E-state index in [4.69, 9.17) is 4.42 Å². The van der Waals surface area contributed by atoms with Crippen molar-refractivity contribution >= 4 is 11.5 Å². The second-order valence-corrected chi connectivity index (χ2v) is 3.19. The van der Waals surface area contributed by atoms with Gasteiger partial charge in [-0.3, -0.25) is 4.79 Å². The topological polar surface area (TPSA) is 42.2 Å². The fraction of sp³-hybridized carbons (Fsp3) is 0. The van der Waals surface area contributed by atoms with E-state index < -0.39 is 0 Å². The van der Waals surface area contributed by atoms with Gasteiger partial charge in [0.25, 0.3) is 0 Å². The summed E-state index contributed by atoms with van der Waals surface area (Å²) in [5, 5.41) is 2.99. The van der Waals surface area contributed by atoms with Gasteiger partial charge < -0.3 is 9.73 Å². The number of benzene rings is 1. The van der Waals surface area contributed by atoms with Crippen LogP contribution >= 0.6 is 0 Å². The molecule has 80 valence electrons. The standard InChI is InChI=1S/C13H11NO2/c15-12(13-7-4-10-16-13)8-9-14-11-5-2-1-3-6-11/h1-10,14H/b9-8-. The van der Waals surface area contributed by atoms with Crippen molar-refractivity contribution in [2.24, 2.45) is 0 Å². The van der Waals surface area contributed by atoms with E-state index in [9.17, 15) is 4.79 Å². The summed E-state index contributed by atoms with van der Waals surface area (Å²) < 4.78 is 4.97. The number of anilines is 1. The lowest BCUT2D eigenvalue weighted by Crippen LogP contribution is -1.93. The molecule has 0 amide bonds. The van der Waals surface area contributed by atoms with Crippen LogP contribution < -0.4 is 5.32 Å². The zero-order valence-electron chi connectivity index (χ0n) is 8.59. The Morgan fingerprint density at radius 1 is 1.12 bits per heavy atom. The molecule has 3 nitrogen and oxygen atoms in total. The fourth-order valence-electron chi connectivity index (χ4n) is 1.25. The van der Waals surface area contributed by atoms with Crippen molar-refractivity contribution in [3.63, 3.8) is 0 Å². The van der Waals surface area contributed by atoms with Gasteiger partial charge in [-0.25, -0.2) is 0 Å². The minimum absolute atomic E-state index is 0.159. The Morgan fingerprint density at radius 2 is 1.94 bits per heavy atom. The van der Waals surface area contributed by atoms with Crippen LogP contribution in [-0.2, 0) is 0 Å². The molecular weight excluding hydrogens is 202 g/mol. The van der Waals surface area contributed by atoms with Gasteiger partial charge in [-0.2, -0.15) is 0 Å². The van der Waals surface area contributed by atoms with Crippen molar-refractivity contribution in [2.45, 2.75) is 0 Å². The number of furan rings is 1. The predicted octanol–water partition coefficient (Wildman–Crippen LogP) is 3.09. The number of allylic oxidation sites excluding steroid dienone is 1. The van der Waals surface area contributed by atoms with Gasteiger partial charge in [0.05, 0.1) is 6.26 Å². The molecule has 0 aliphatic heterocycles. The number of ketones is 1. The van der Waals surface area contributed by atoms with Gasteiger partial charge in [-0.1, -0.05) is 18.2 Å². The van der Waals surface area contributed by atoms with E-state index in [0.29, 0.717) is 5.76 Å². The van der Waals surface area contributed by atoms with Crippen molar-refractivity contribution in [3.8, 4) is 0 Å². The van der Waals surface area contributed by atoms with E-state index in [2.05, 4.69) is 5.32 Å². The van der Waals surface area contributed by atoms with Crippen molar-refractivity contribution in [1.82, 2.24) is 0 Å². The Labute approximate surface area is 93.4 Å². The summed E-state index contributed by atoms with van der Waals surface area (Å²) >= 11 is 0. The van der Waals surface area contributed by atoms with Gasteiger partial charge in [0.2, 0.25) is 5.78 Å². The highest BCUT2D eigenvalue weighted by atomic mass is 16.3. The first-order valence-corrected chi connectivity index (χ1v) is 4.92. The molecule has 1 N–H and O–H groups in total. The fourth-order valence-corrected chi connectivity index (χ4v) is 1.25. The van der Waals surface area contributed by atoms with Gasteiger partial charge >= 0.3 is 0 Å². The normalized spacial score (nSPS) is 10.5. The molecule has 1 aromatic heterocycles. The highest BCUT2D eigenvalue weighted by Crippen LogP contribution is 2.05. The number of nitrogens with one attached hydrogen (secondary N) is 1. The highest BCUT2D eigenvalue weighted by molar-refractivity contribution is 6.02. The van der Waals surface area contributed by atoms with Crippen molar-refractivity contribution in [2.75, 3.05) is 5.32 Å². The predicted molar refractivity (Wildman–Crippen MR) is 62.2 cm³/mol. The maximum Gasteiger partial charge on any atom is 0.222 e. The van der Waals surface area contributed by atoms with Crippen LogP contribution in [-0.4, -0.2) is 5.78 Å². The number of carbonyl (C=O) groups is 1. The second kappa shape index (κ2) is 4.98. The lowest BCUT2D eigenvalue weighted by Gasteiger charge is -1.97. The summed E-state index contributed by atoms with van der Waals surface area (Å²) in [6, 6.07) is 12.9. The van der Waals surface area contributed by atoms with E-state index >= 15 is 0 Å². The number of para-hydroxylation sites is 1. The largest absolute Gasteiger partial charge is 0.461 e. The van der Waals surface area contributed by atoms with Gasteiger partial charge in [0.1, 0.15) is 0 Å². The van der Waals surface area contributed by atoms with Crippen LogP contribution in [0.15, 0.2) is 65.4 Å². The van der Waals surface area contributed by atoms with Crippen LogP contribution in [0.2, 0.25) is 0 Å². The molecule has 0 aliphatic rings. The Balaban J connectivity index is 1.93. The van der Waals surface area contributed by atoms with E-state index in [0.717, 1.165) is 5.69 Å². The smallest absolute Gasteiger partial charge is 0.222 e. The Kier molecular flexibility index (Phi) is 3.18. The van der Waals surface area contributed by atoms with Crippen LogP contribution in [0, 0.1) is 0 Å². The van der Waals surface area contributed by atoms with Crippen LogP contribution in [0.25, 0.3) is 0 Å². The molecule has 0 aliphatic carbocycles. The van der Waals surface area contributed by atoms with Gasteiger partial charge in [-0.15, -0.1) is 0 Å². The van der Waals surface area contributed by atoms with E-state index in [1.807, 2.05) is 30.3 Å². The molecule has 1 aromatic carbocycles. The molecule has 16 heavy (non-hydrogen) atoms. The maximum absolute atomic E-state index is 11.5. The third-order valence-corrected chi connectivity index (χ3v) is 2.02. The minimum atomic E-state index is -0.159. The average molecular weight is 213 g/mol. The summed E-state index contributed by atoms with van der Waals surface area (Å²) in [5.74, 6) is 0.180. The highest BCUT2D eigenvalue weighted by Gasteiger charge is 2.02. The Morgan fingerprint density at radius 3 is 2.62 bits per heavy atom. The molecule has 3 heteroatoms. The van der Waals surface area contributed by atoms with Crippen molar-refractivity contribution in [3.05, 3.63) is 66.8 Å². The summed E-state index contributed by atoms with van der Waals surface area (Å²) in [6.07, 6.45) is 4.51. The monoisotopic (exact) mass is 213 g/mol. The van der Waals surface area contributed by atoms with Crippen LogP contribution in [0.4, 0.5) is 5.69 Å². The molecule has 0 saturated carbocycles. The Bertz CT molecular complexity index is 472. The van der Waals surface area contributed by atoms with E-state index in [-0.39, 0.29) is 5.78 Å². The third kappa shape index (κ3) is 2.60. The molecule has 0 radical (unpaired) electrons. The zero-order valence-corrected chi connectivity index (χ0v) is 8.59. The van der Waals surface area contributed by atoms with Crippen LogP contribution in [0.3, 0.4) is 0 Å².